The van der Waals surface area contributed by atoms with Gasteiger partial charge in [-0.1, -0.05) is 13.8 Å². The van der Waals surface area contributed by atoms with E-state index in [-0.39, 0.29) is 5.91 Å². The number of benzene rings is 1. The molecule has 0 aromatic heterocycles. The van der Waals surface area contributed by atoms with Crippen molar-refractivity contribution in [3.05, 3.63) is 24.3 Å². The summed E-state index contributed by atoms with van der Waals surface area (Å²) in [5, 5.41) is 2.84. The fraction of sp³-hybridized carbons (Fsp3) is 0.533. The van der Waals surface area contributed by atoms with E-state index in [4.69, 9.17) is 9.47 Å². The van der Waals surface area contributed by atoms with Crippen LogP contribution in [0.5, 0.6) is 11.5 Å². The first-order valence-corrected chi connectivity index (χ1v) is 6.65. The lowest BCUT2D eigenvalue weighted by Gasteiger charge is -2.09. The van der Waals surface area contributed by atoms with Crippen molar-refractivity contribution in [3.63, 3.8) is 0 Å². The van der Waals surface area contributed by atoms with Crippen molar-refractivity contribution in [2.75, 3.05) is 20.3 Å². The van der Waals surface area contributed by atoms with Crippen LogP contribution in [0, 0.1) is 5.92 Å². The van der Waals surface area contributed by atoms with E-state index < -0.39 is 0 Å². The zero-order chi connectivity index (χ0) is 14.1. The van der Waals surface area contributed by atoms with E-state index in [1.54, 1.807) is 7.11 Å². The number of ether oxygens (including phenoxy) is 2. The standard InChI is InChI=1S/C15H23NO3/c1-12(2)4-9-15(17)16-10-11-19-14-7-5-13(18-3)6-8-14/h5-8,12H,4,9-11H2,1-3H3,(H,16,17). The molecule has 0 saturated carbocycles. The van der Waals surface area contributed by atoms with Crippen molar-refractivity contribution in [3.8, 4) is 11.5 Å². The van der Waals surface area contributed by atoms with Gasteiger partial charge in [-0.05, 0) is 36.6 Å². The Balaban J connectivity index is 2.14. The van der Waals surface area contributed by atoms with Gasteiger partial charge in [-0.3, -0.25) is 4.79 Å². The number of amides is 1. The Morgan fingerprint density at radius 3 is 2.42 bits per heavy atom. The minimum absolute atomic E-state index is 0.0898. The minimum Gasteiger partial charge on any atom is -0.497 e. The molecule has 4 heteroatoms. The van der Waals surface area contributed by atoms with Crippen LogP contribution in [-0.2, 0) is 4.79 Å². The molecule has 1 aromatic rings. The predicted molar refractivity (Wildman–Crippen MR) is 75.6 cm³/mol. The van der Waals surface area contributed by atoms with E-state index in [1.165, 1.54) is 0 Å². The Labute approximate surface area is 115 Å². The summed E-state index contributed by atoms with van der Waals surface area (Å²) in [5.74, 6) is 2.22. The van der Waals surface area contributed by atoms with Crippen molar-refractivity contribution >= 4 is 5.91 Å². The zero-order valence-corrected chi connectivity index (χ0v) is 11.9. The van der Waals surface area contributed by atoms with E-state index in [0.717, 1.165) is 17.9 Å². The maximum atomic E-state index is 11.5. The molecular weight excluding hydrogens is 242 g/mol. The molecule has 0 bridgehead atoms. The van der Waals surface area contributed by atoms with E-state index in [2.05, 4.69) is 19.2 Å². The lowest BCUT2D eigenvalue weighted by molar-refractivity contribution is -0.121. The number of carbonyl (C=O) groups is 1. The fourth-order valence-electron chi connectivity index (χ4n) is 1.54. The van der Waals surface area contributed by atoms with Crippen molar-refractivity contribution in [1.29, 1.82) is 0 Å². The number of nitrogens with one attached hydrogen (secondary N) is 1. The van der Waals surface area contributed by atoms with E-state index >= 15 is 0 Å². The molecule has 106 valence electrons. The first kappa shape index (κ1) is 15.3. The second kappa shape index (κ2) is 8.40. The third-order valence-corrected chi connectivity index (χ3v) is 2.70. The van der Waals surface area contributed by atoms with Crippen LogP contribution < -0.4 is 14.8 Å². The maximum Gasteiger partial charge on any atom is 0.220 e. The molecule has 0 fully saturated rings. The summed E-state index contributed by atoms with van der Waals surface area (Å²) >= 11 is 0. The van der Waals surface area contributed by atoms with Crippen LogP contribution in [0.15, 0.2) is 24.3 Å². The lowest BCUT2D eigenvalue weighted by Crippen LogP contribution is -2.28. The summed E-state index contributed by atoms with van der Waals surface area (Å²) in [6.07, 6.45) is 1.51. The highest BCUT2D eigenvalue weighted by atomic mass is 16.5. The van der Waals surface area contributed by atoms with Crippen molar-refractivity contribution in [2.24, 2.45) is 5.92 Å². The summed E-state index contributed by atoms with van der Waals surface area (Å²) in [6.45, 7) is 5.23. The van der Waals surface area contributed by atoms with E-state index in [1.807, 2.05) is 24.3 Å². The van der Waals surface area contributed by atoms with Crippen LogP contribution in [0.2, 0.25) is 0 Å². The second-order valence-corrected chi connectivity index (χ2v) is 4.81. The molecule has 0 heterocycles. The first-order chi connectivity index (χ1) is 9.11. The van der Waals surface area contributed by atoms with Gasteiger partial charge in [-0.15, -0.1) is 0 Å². The molecule has 1 aromatic carbocycles. The Morgan fingerprint density at radius 1 is 1.21 bits per heavy atom. The molecule has 1 amide bonds. The van der Waals surface area contributed by atoms with Crippen LogP contribution in [0.4, 0.5) is 0 Å². The average Bonchev–Trinajstić information content (AvgIpc) is 2.42. The Kier molecular flexibility index (Phi) is 6.79. The van der Waals surface area contributed by atoms with Crippen LogP contribution in [0.3, 0.4) is 0 Å². The number of hydrogen-bond acceptors (Lipinski definition) is 3. The molecule has 0 radical (unpaired) electrons. The molecule has 0 aliphatic heterocycles. The molecule has 0 spiro atoms. The molecule has 0 atom stereocenters. The van der Waals surface area contributed by atoms with Crippen LogP contribution in [0.25, 0.3) is 0 Å². The summed E-state index contributed by atoms with van der Waals surface area (Å²) in [6, 6.07) is 7.38. The van der Waals surface area contributed by atoms with Gasteiger partial charge in [-0.25, -0.2) is 0 Å². The summed E-state index contributed by atoms with van der Waals surface area (Å²) in [5.41, 5.74) is 0. The molecule has 0 aliphatic rings. The number of methoxy groups -OCH3 is 1. The largest absolute Gasteiger partial charge is 0.497 e. The maximum absolute atomic E-state index is 11.5. The molecule has 0 aliphatic carbocycles. The molecule has 0 unspecified atom stereocenters. The first-order valence-electron chi connectivity index (χ1n) is 6.65. The summed E-state index contributed by atoms with van der Waals surface area (Å²) < 4.78 is 10.6. The molecule has 1 rings (SSSR count). The molecule has 19 heavy (non-hydrogen) atoms. The van der Waals surface area contributed by atoms with Gasteiger partial charge in [0, 0.05) is 6.42 Å². The molecular formula is C15H23NO3. The van der Waals surface area contributed by atoms with Gasteiger partial charge in [0.15, 0.2) is 0 Å². The normalized spacial score (nSPS) is 10.3. The molecule has 0 saturated heterocycles. The monoisotopic (exact) mass is 265 g/mol. The highest BCUT2D eigenvalue weighted by Gasteiger charge is 2.02. The highest BCUT2D eigenvalue weighted by Crippen LogP contribution is 2.16. The van der Waals surface area contributed by atoms with E-state index in [0.29, 0.717) is 25.5 Å². The van der Waals surface area contributed by atoms with Gasteiger partial charge < -0.3 is 14.8 Å². The number of carbonyl (C=O) groups excluding carboxylic acids is 1. The molecule has 1 N–H and O–H groups in total. The summed E-state index contributed by atoms with van der Waals surface area (Å²) in [7, 11) is 1.63. The van der Waals surface area contributed by atoms with Crippen LogP contribution in [0.1, 0.15) is 26.7 Å². The Bertz CT molecular complexity index is 373. The summed E-state index contributed by atoms with van der Waals surface area (Å²) in [4.78, 5) is 11.5. The third kappa shape index (κ3) is 6.70. The molecule has 4 nitrogen and oxygen atoms in total. The smallest absolute Gasteiger partial charge is 0.220 e. The fourth-order valence-corrected chi connectivity index (χ4v) is 1.54. The van der Waals surface area contributed by atoms with Crippen LogP contribution in [-0.4, -0.2) is 26.2 Å². The third-order valence-electron chi connectivity index (χ3n) is 2.70. The SMILES string of the molecule is COc1ccc(OCCNC(=O)CCC(C)C)cc1. The van der Waals surface area contributed by atoms with Gasteiger partial charge in [0.2, 0.25) is 5.91 Å². The predicted octanol–water partition coefficient (Wildman–Crippen LogP) is 2.63. The topological polar surface area (TPSA) is 47.6 Å². The Hall–Kier alpha value is -1.71. The van der Waals surface area contributed by atoms with Gasteiger partial charge in [0.05, 0.1) is 13.7 Å². The van der Waals surface area contributed by atoms with Gasteiger partial charge in [0.1, 0.15) is 18.1 Å². The minimum atomic E-state index is 0.0898. The van der Waals surface area contributed by atoms with Crippen molar-refractivity contribution < 1.29 is 14.3 Å². The van der Waals surface area contributed by atoms with Crippen LogP contribution >= 0.6 is 0 Å². The van der Waals surface area contributed by atoms with Gasteiger partial charge in [-0.2, -0.15) is 0 Å². The lowest BCUT2D eigenvalue weighted by atomic mass is 10.1. The van der Waals surface area contributed by atoms with Gasteiger partial charge in [0.25, 0.3) is 0 Å². The number of hydrogen-bond donors (Lipinski definition) is 1. The van der Waals surface area contributed by atoms with Crippen molar-refractivity contribution in [1.82, 2.24) is 5.32 Å². The average molecular weight is 265 g/mol. The zero-order valence-electron chi connectivity index (χ0n) is 11.9. The van der Waals surface area contributed by atoms with Crippen molar-refractivity contribution in [2.45, 2.75) is 26.7 Å². The number of rotatable bonds is 8. The van der Waals surface area contributed by atoms with E-state index in [9.17, 15) is 4.79 Å². The quantitative estimate of drug-likeness (QED) is 0.735. The highest BCUT2D eigenvalue weighted by molar-refractivity contribution is 5.75. The van der Waals surface area contributed by atoms with Gasteiger partial charge >= 0.3 is 0 Å². The second-order valence-electron chi connectivity index (χ2n) is 4.81. The Morgan fingerprint density at radius 2 is 1.84 bits per heavy atom.